The molecule has 3 heterocycles. The predicted molar refractivity (Wildman–Crippen MR) is 278 cm³/mol. The number of ether oxygens (including phenoxy) is 2. The van der Waals surface area contributed by atoms with Gasteiger partial charge in [0.1, 0.15) is 5.00 Å². The van der Waals surface area contributed by atoms with Gasteiger partial charge in [-0.05, 0) is 122 Å². The van der Waals surface area contributed by atoms with Gasteiger partial charge in [0, 0.05) is 37.8 Å². The Morgan fingerprint density at radius 2 is 1.30 bits per heavy atom. The molecule has 1 aliphatic rings. The van der Waals surface area contributed by atoms with Crippen LogP contribution in [0.25, 0.3) is 30.9 Å². The standard InChI is InChI=1S/C57H74N2O2S2/c1-9-15-22-42(13-5)28-34-48-50-38-53(58(40(7)20-11-3)41(8)21-12-4)62-55(50)49(35-29-43(14-6)23-16-10-2)51-39-54(63-56(48)51)59(52-27-19-25-44-24-17-18-26-47(44)52)46-32-30-45(31-33-46)57-60-36-37-61-57/h11,17-21,24-27,30-33,38-40,42-43,57H,9-10,12-16,22-23,28-29,34-37H2,1-8H3. The molecule has 336 valence electrons. The van der Waals surface area contributed by atoms with E-state index in [4.69, 9.17) is 9.47 Å². The summed E-state index contributed by atoms with van der Waals surface area (Å²) in [5.41, 5.74) is 7.85. The maximum absolute atomic E-state index is 5.93. The highest BCUT2D eigenvalue weighted by molar-refractivity contribution is 7.25. The molecule has 3 unspecified atom stereocenters. The van der Waals surface area contributed by atoms with Gasteiger partial charge in [-0.2, -0.15) is 0 Å². The molecule has 63 heavy (non-hydrogen) atoms. The van der Waals surface area contributed by atoms with Crippen LogP contribution in [0.4, 0.5) is 21.4 Å². The minimum atomic E-state index is -0.302. The first-order valence-electron chi connectivity index (χ1n) is 24.5. The number of thiophene rings is 2. The Balaban J connectivity index is 1.48. The van der Waals surface area contributed by atoms with Crippen LogP contribution in [-0.2, 0) is 22.3 Å². The van der Waals surface area contributed by atoms with Gasteiger partial charge in [0.2, 0.25) is 0 Å². The van der Waals surface area contributed by atoms with Crippen molar-refractivity contribution in [2.75, 3.05) is 23.0 Å². The molecule has 1 aliphatic heterocycles. The van der Waals surface area contributed by atoms with Crippen LogP contribution in [0.5, 0.6) is 0 Å². The van der Waals surface area contributed by atoms with Crippen molar-refractivity contribution in [2.24, 2.45) is 11.8 Å². The van der Waals surface area contributed by atoms with Crippen molar-refractivity contribution in [3.63, 3.8) is 0 Å². The Morgan fingerprint density at radius 3 is 1.89 bits per heavy atom. The van der Waals surface area contributed by atoms with Crippen LogP contribution in [0.1, 0.15) is 149 Å². The highest BCUT2D eigenvalue weighted by atomic mass is 32.1. The molecule has 0 spiro atoms. The van der Waals surface area contributed by atoms with Crippen molar-refractivity contribution in [2.45, 2.75) is 151 Å². The average Bonchev–Trinajstić information content (AvgIpc) is 4.09. The molecular weight excluding hydrogens is 809 g/mol. The second-order valence-electron chi connectivity index (χ2n) is 17.9. The number of nitrogens with zero attached hydrogens (tertiary/aromatic N) is 2. The number of aryl methyl sites for hydroxylation is 2. The molecule has 0 radical (unpaired) electrons. The van der Waals surface area contributed by atoms with Crippen molar-refractivity contribution in [1.29, 1.82) is 0 Å². The highest BCUT2D eigenvalue weighted by Crippen LogP contribution is 2.51. The third-order valence-corrected chi connectivity index (χ3v) is 16.0. The van der Waals surface area contributed by atoms with Crippen molar-refractivity contribution >= 4 is 75.0 Å². The van der Waals surface area contributed by atoms with Gasteiger partial charge in [0.15, 0.2) is 6.29 Å². The molecule has 1 fully saturated rings. The fraction of sp³-hybridized carbons (Fsp3) is 0.474. The summed E-state index contributed by atoms with van der Waals surface area (Å²) in [6.07, 6.45) is 22.6. The Kier molecular flexibility index (Phi) is 17.0. The summed E-state index contributed by atoms with van der Waals surface area (Å²) in [5, 5.41) is 8.08. The molecule has 0 saturated carbocycles. The van der Waals surface area contributed by atoms with E-state index in [-0.39, 0.29) is 12.3 Å². The molecule has 1 saturated heterocycles. The SMILES string of the molecule is CC=CC(C)N(C(C)=CCC)c1cc2c(CCC(CC)CCCC)c3sc(N(c4ccc(C5OCCO5)cc4)c4cccc5ccccc45)cc3c(CCC(CC)CCCC)c2s1. The van der Waals surface area contributed by atoms with Crippen LogP contribution in [0, 0.1) is 11.8 Å². The molecule has 0 amide bonds. The minimum absolute atomic E-state index is 0.259. The number of hydrogen-bond acceptors (Lipinski definition) is 6. The summed E-state index contributed by atoms with van der Waals surface area (Å²) in [4.78, 5) is 5.13. The van der Waals surface area contributed by atoms with Gasteiger partial charge in [-0.25, -0.2) is 0 Å². The lowest BCUT2D eigenvalue weighted by atomic mass is 9.88. The van der Waals surface area contributed by atoms with E-state index < -0.39 is 0 Å². The molecule has 3 atom stereocenters. The second kappa shape index (κ2) is 22.8. The summed E-state index contributed by atoms with van der Waals surface area (Å²) in [6.45, 7) is 19.8. The number of hydrogen-bond donors (Lipinski definition) is 0. The summed E-state index contributed by atoms with van der Waals surface area (Å²) >= 11 is 4.06. The first kappa shape index (κ1) is 47.0. The number of rotatable bonds is 23. The molecule has 0 aliphatic carbocycles. The molecule has 0 bridgehead atoms. The van der Waals surface area contributed by atoms with Crippen LogP contribution in [0.3, 0.4) is 0 Å². The number of unbranched alkanes of at least 4 members (excludes halogenated alkanes) is 2. The molecule has 7 rings (SSSR count). The van der Waals surface area contributed by atoms with E-state index in [0.717, 1.165) is 42.3 Å². The molecular formula is C57H74N2O2S2. The van der Waals surface area contributed by atoms with Gasteiger partial charge in [0.05, 0.1) is 23.9 Å². The van der Waals surface area contributed by atoms with Crippen LogP contribution in [-0.4, -0.2) is 19.3 Å². The summed E-state index contributed by atoms with van der Waals surface area (Å²) in [6, 6.07) is 30.0. The Labute approximate surface area is 388 Å². The van der Waals surface area contributed by atoms with Gasteiger partial charge in [0.25, 0.3) is 0 Å². The predicted octanol–water partition coefficient (Wildman–Crippen LogP) is 18.2. The van der Waals surface area contributed by atoms with E-state index in [1.807, 2.05) is 22.7 Å². The minimum Gasteiger partial charge on any atom is -0.346 e. The van der Waals surface area contributed by atoms with Crippen LogP contribution in [0.15, 0.2) is 103 Å². The van der Waals surface area contributed by atoms with Crippen molar-refractivity contribution in [3.8, 4) is 0 Å². The summed E-state index contributed by atoms with van der Waals surface area (Å²) in [5.74, 6) is 1.46. The van der Waals surface area contributed by atoms with E-state index in [1.54, 1.807) is 11.1 Å². The van der Waals surface area contributed by atoms with Gasteiger partial charge in [-0.3, -0.25) is 0 Å². The maximum atomic E-state index is 5.93. The number of anilines is 4. The highest BCUT2D eigenvalue weighted by Gasteiger charge is 2.27. The molecule has 6 aromatic rings. The van der Waals surface area contributed by atoms with Crippen molar-refractivity contribution in [3.05, 3.63) is 119 Å². The first-order chi connectivity index (χ1) is 30.8. The number of allylic oxidation sites excluding steroid dienone is 3. The quantitative estimate of drug-likeness (QED) is 0.0599. The largest absolute Gasteiger partial charge is 0.346 e. The van der Waals surface area contributed by atoms with Gasteiger partial charge >= 0.3 is 0 Å². The topological polar surface area (TPSA) is 24.9 Å². The molecule has 4 aromatic carbocycles. The smallest absolute Gasteiger partial charge is 0.184 e. The zero-order chi connectivity index (χ0) is 44.3. The number of fused-ring (bicyclic) bond motifs is 3. The number of benzene rings is 4. The second-order valence-corrected chi connectivity index (χ2v) is 20.0. The van der Waals surface area contributed by atoms with Crippen LogP contribution < -0.4 is 9.80 Å². The van der Waals surface area contributed by atoms with E-state index in [1.165, 1.54) is 117 Å². The molecule has 4 nitrogen and oxygen atoms in total. The molecule has 6 heteroatoms. The van der Waals surface area contributed by atoms with Crippen molar-refractivity contribution in [1.82, 2.24) is 0 Å². The van der Waals surface area contributed by atoms with Crippen LogP contribution in [0.2, 0.25) is 0 Å². The zero-order valence-electron chi connectivity index (χ0n) is 39.7. The fourth-order valence-corrected chi connectivity index (χ4v) is 12.7. The third kappa shape index (κ3) is 10.8. The van der Waals surface area contributed by atoms with E-state index in [2.05, 4.69) is 162 Å². The lowest BCUT2D eigenvalue weighted by Crippen LogP contribution is -2.29. The van der Waals surface area contributed by atoms with E-state index in [0.29, 0.717) is 13.2 Å². The zero-order valence-corrected chi connectivity index (χ0v) is 41.3. The average molecular weight is 883 g/mol. The van der Waals surface area contributed by atoms with Gasteiger partial charge < -0.3 is 19.3 Å². The maximum Gasteiger partial charge on any atom is 0.184 e. The van der Waals surface area contributed by atoms with E-state index in [9.17, 15) is 0 Å². The first-order valence-corrected chi connectivity index (χ1v) is 26.2. The Hall–Kier alpha value is -3.94. The van der Waals surface area contributed by atoms with Crippen LogP contribution >= 0.6 is 22.7 Å². The third-order valence-electron chi connectivity index (χ3n) is 13.6. The Morgan fingerprint density at radius 1 is 0.714 bits per heavy atom. The van der Waals surface area contributed by atoms with Gasteiger partial charge in [-0.15, -0.1) is 22.7 Å². The van der Waals surface area contributed by atoms with E-state index >= 15 is 0 Å². The van der Waals surface area contributed by atoms with Crippen molar-refractivity contribution < 1.29 is 9.47 Å². The summed E-state index contributed by atoms with van der Waals surface area (Å²) in [7, 11) is 0. The summed E-state index contributed by atoms with van der Waals surface area (Å²) < 4.78 is 14.8. The van der Waals surface area contributed by atoms with Gasteiger partial charge in [-0.1, -0.05) is 153 Å². The lowest BCUT2D eigenvalue weighted by Gasteiger charge is -2.29. The molecule has 2 aromatic heterocycles. The fourth-order valence-electron chi connectivity index (χ4n) is 9.98. The molecule has 0 N–H and O–H groups in total. The Bertz CT molecular complexity index is 2350. The monoisotopic (exact) mass is 883 g/mol. The normalized spacial score (nSPS) is 15.3. The lowest BCUT2D eigenvalue weighted by molar-refractivity contribution is -0.0441.